The highest BCUT2D eigenvalue weighted by atomic mass is 16.4. The van der Waals surface area contributed by atoms with Crippen molar-refractivity contribution in [2.75, 3.05) is 13.1 Å². The lowest BCUT2D eigenvalue weighted by Crippen LogP contribution is -2.38. The number of urea groups is 1. The van der Waals surface area contributed by atoms with Gasteiger partial charge in [-0.25, -0.2) is 4.79 Å². The number of hydrogen-bond donors (Lipinski definition) is 2. The first-order valence-corrected chi connectivity index (χ1v) is 5.69. The van der Waals surface area contributed by atoms with Crippen molar-refractivity contribution < 1.29 is 14.7 Å². The van der Waals surface area contributed by atoms with Crippen molar-refractivity contribution in [2.24, 2.45) is 5.92 Å². The minimum atomic E-state index is -0.848. The van der Waals surface area contributed by atoms with Crippen molar-refractivity contribution in [1.29, 1.82) is 0 Å². The van der Waals surface area contributed by atoms with Crippen LogP contribution in [0.2, 0.25) is 0 Å². The fourth-order valence-corrected chi connectivity index (χ4v) is 1.85. The Kier molecular flexibility index (Phi) is 3.71. The average Bonchev–Trinajstić information content (AvgIpc) is 2.87. The maximum absolute atomic E-state index is 11.8. The smallest absolute Gasteiger partial charge is 0.317 e. The van der Waals surface area contributed by atoms with Crippen LogP contribution in [0.15, 0.2) is 18.3 Å². The van der Waals surface area contributed by atoms with Crippen molar-refractivity contribution in [2.45, 2.75) is 13.0 Å². The summed E-state index contributed by atoms with van der Waals surface area (Å²) in [5.74, 6) is -1.30. The summed E-state index contributed by atoms with van der Waals surface area (Å²) in [7, 11) is 0. The standard InChI is InChI=1S/C11H14N4O3/c16-10(17)8-3-5-15(7-8)11(18)12-6-9-2-1-4-13-14-9/h1-2,4,8H,3,5-7H2,(H,12,18)(H,16,17). The maximum atomic E-state index is 11.8. The number of likely N-dealkylation sites (tertiary alicyclic amines) is 1. The Labute approximate surface area is 104 Å². The zero-order chi connectivity index (χ0) is 13.0. The maximum Gasteiger partial charge on any atom is 0.317 e. The summed E-state index contributed by atoms with van der Waals surface area (Å²) >= 11 is 0. The number of carbonyl (C=O) groups is 2. The molecule has 2 amide bonds. The quantitative estimate of drug-likeness (QED) is 0.792. The van der Waals surface area contributed by atoms with Gasteiger partial charge >= 0.3 is 12.0 Å². The van der Waals surface area contributed by atoms with Gasteiger partial charge in [0.25, 0.3) is 0 Å². The van der Waals surface area contributed by atoms with Gasteiger partial charge in [0, 0.05) is 19.3 Å². The lowest BCUT2D eigenvalue weighted by Gasteiger charge is -2.16. The Morgan fingerprint density at radius 2 is 2.39 bits per heavy atom. The second-order valence-electron chi connectivity index (χ2n) is 4.14. The van der Waals surface area contributed by atoms with Crippen LogP contribution < -0.4 is 5.32 Å². The number of aromatic nitrogens is 2. The molecule has 0 radical (unpaired) electrons. The first kappa shape index (κ1) is 12.3. The molecular formula is C11H14N4O3. The zero-order valence-electron chi connectivity index (χ0n) is 9.74. The third-order valence-corrected chi connectivity index (χ3v) is 2.87. The van der Waals surface area contributed by atoms with Crippen LogP contribution in [0.25, 0.3) is 0 Å². The third-order valence-electron chi connectivity index (χ3n) is 2.87. The Morgan fingerprint density at radius 3 is 3.00 bits per heavy atom. The average molecular weight is 250 g/mol. The van der Waals surface area contributed by atoms with Crippen molar-refractivity contribution in [3.05, 3.63) is 24.0 Å². The molecule has 1 aliphatic heterocycles. The molecule has 2 heterocycles. The summed E-state index contributed by atoms with van der Waals surface area (Å²) in [6, 6.07) is 3.24. The first-order valence-electron chi connectivity index (χ1n) is 5.69. The van der Waals surface area contributed by atoms with Gasteiger partial charge in [0.05, 0.1) is 18.2 Å². The minimum Gasteiger partial charge on any atom is -0.481 e. The van der Waals surface area contributed by atoms with Crippen molar-refractivity contribution in [3.63, 3.8) is 0 Å². The third kappa shape index (κ3) is 2.93. The van der Waals surface area contributed by atoms with Crippen LogP contribution in [0.3, 0.4) is 0 Å². The van der Waals surface area contributed by atoms with Gasteiger partial charge in [0.1, 0.15) is 0 Å². The van der Waals surface area contributed by atoms with Crippen molar-refractivity contribution >= 4 is 12.0 Å². The van der Waals surface area contributed by atoms with E-state index in [2.05, 4.69) is 15.5 Å². The van der Waals surface area contributed by atoms with Gasteiger partial charge in [-0.15, -0.1) is 0 Å². The molecule has 7 nitrogen and oxygen atoms in total. The van der Waals surface area contributed by atoms with E-state index in [0.717, 1.165) is 0 Å². The molecule has 1 fully saturated rings. The van der Waals surface area contributed by atoms with Crippen LogP contribution in [0.5, 0.6) is 0 Å². The highest BCUT2D eigenvalue weighted by Crippen LogP contribution is 2.16. The van der Waals surface area contributed by atoms with Crippen molar-refractivity contribution in [3.8, 4) is 0 Å². The van der Waals surface area contributed by atoms with Gasteiger partial charge in [-0.2, -0.15) is 10.2 Å². The van der Waals surface area contributed by atoms with E-state index in [9.17, 15) is 9.59 Å². The van der Waals surface area contributed by atoms with Crippen LogP contribution in [-0.2, 0) is 11.3 Å². The molecule has 1 aliphatic rings. The van der Waals surface area contributed by atoms with Crippen LogP contribution >= 0.6 is 0 Å². The van der Waals surface area contributed by atoms with E-state index in [4.69, 9.17) is 5.11 Å². The summed E-state index contributed by atoms with van der Waals surface area (Å²) in [4.78, 5) is 24.0. The van der Waals surface area contributed by atoms with Gasteiger partial charge in [-0.3, -0.25) is 4.79 Å². The number of hydrogen-bond acceptors (Lipinski definition) is 4. The Balaban J connectivity index is 1.81. The Morgan fingerprint density at radius 1 is 1.56 bits per heavy atom. The summed E-state index contributed by atoms with van der Waals surface area (Å²) in [5, 5.41) is 19.1. The van der Waals surface area contributed by atoms with Crippen LogP contribution in [0, 0.1) is 5.92 Å². The van der Waals surface area contributed by atoms with E-state index in [1.54, 1.807) is 18.3 Å². The number of amides is 2. The molecule has 1 atom stereocenters. The largest absolute Gasteiger partial charge is 0.481 e. The SMILES string of the molecule is O=C(O)C1CCN(C(=O)NCc2cccnn2)C1. The summed E-state index contributed by atoms with van der Waals surface area (Å²) < 4.78 is 0. The van der Waals surface area contributed by atoms with Gasteiger partial charge in [0.15, 0.2) is 0 Å². The molecule has 1 saturated heterocycles. The second kappa shape index (κ2) is 5.44. The predicted molar refractivity (Wildman–Crippen MR) is 61.6 cm³/mol. The lowest BCUT2D eigenvalue weighted by atomic mass is 10.1. The second-order valence-corrected chi connectivity index (χ2v) is 4.14. The molecule has 0 bridgehead atoms. The van der Waals surface area contributed by atoms with E-state index in [1.165, 1.54) is 4.90 Å². The molecule has 0 saturated carbocycles. The normalized spacial score (nSPS) is 18.7. The highest BCUT2D eigenvalue weighted by molar-refractivity contribution is 5.77. The number of aliphatic carboxylic acids is 1. The number of carbonyl (C=O) groups excluding carboxylic acids is 1. The van der Waals surface area contributed by atoms with E-state index in [0.29, 0.717) is 25.2 Å². The lowest BCUT2D eigenvalue weighted by molar-refractivity contribution is -0.141. The Hall–Kier alpha value is -2.18. The number of carboxylic acid groups (broad SMARTS) is 1. The zero-order valence-corrected chi connectivity index (χ0v) is 9.74. The minimum absolute atomic E-state index is 0.260. The van der Waals surface area contributed by atoms with Gasteiger partial charge in [-0.1, -0.05) is 0 Å². The van der Waals surface area contributed by atoms with Crippen LogP contribution in [0.1, 0.15) is 12.1 Å². The van der Waals surface area contributed by atoms with Gasteiger partial charge in [0.2, 0.25) is 0 Å². The molecule has 96 valence electrons. The molecule has 0 aliphatic carbocycles. The topological polar surface area (TPSA) is 95.4 Å². The first-order chi connectivity index (χ1) is 8.66. The molecule has 7 heteroatoms. The molecular weight excluding hydrogens is 236 g/mol. The summed E-state index contributed by atoms with van der Waals surface area (Å²) in [6.45, 7) is 1.03. The van der Waals surface area contributed by atoms with Crippen molar-refractivity contribution in [1.82, 2.24) is 20.4 Å². The number of nitrogens with zero attached hydrogens (tertiary/aromatic N) is 3. The number of carboxylic acids is 1. The number of nitrogens with one attached hydrogen (secondary N) is 1. The van der Waals surface area contributed by atoms with E-state index >= 15 is 0 Å². The Bertz CT molecular complexity index is 437. The van der Waals surface area contributed by atoms with E-state index in [-0.39, 0.29) is 12.6 Å². The fraction of sp³-hybridized carbons (Fsp3) is 0.455. The molecule has 0 spiro atoms. The molecule has 18 heavy (non-hydrogen) atoms. The molecule has 2 N–H and O–H groups in total. The monoisotopic (exact) mass is 250 g/mol. The molecule has 0 aromatic carbocycles. The van der Waals surface area contributed by atoms with Crippen LogP contribution in [0.4, 0.5) is 4.79 Å². The van der Waals surface area contributed by atoms with Gasteiger partial charge < -0.3 is 15.3 Å². The van der Waals surface area contributed by atoms with E-state index in [1.807, 2.05) is 0 Å². The van der Waals surface area contributed by atoms with E-state index < -0.39 is 11.9 Å². The molecule has 1 aromatic heterocycles. The highest BCUT2D eigenvalue weighted by Gasteiger charge is 2.30. The molecule has 2 rings (SSSR count). The predicted octanol–water partition coefficient (Wildman–Crippen LogP) is 0.0927. The molecule has 1 unspecified atom stereocenters. The van der Waals surface area contributed by atoms with Crippen LogP contribution in [-0.4, -0.2) is 45.3 Å². The molecule has 1 aromatic rings. The van der Waals surface area contributed by atoms with Gasteiger partial charge in [-0.05, 0) is 18.6 Å². The summed E-state index contributed by atoms with van der Waals surface area (Å²) in [6.07, 6.45) is 2.07. The fourth-order valence-electron chi connectivity index (χ4n) is 1.85. The number of rotatable bonds is 3. The summed E-state index contributed by atoms with van der Waals surface area (Å²) in [5.41, 5.74) is 0.667.